The van der Waals surface area contributed by atoms with Gasteiger partial charge in [0.15, 0.2) is 0 Å². The van der Waals surface area contributed by atoms with Gasteiger partial charge in [-0.05, 0) is 44.4 Å². The summed E-state index contributed by atoms with van der Waals surface area (Å²) < 4.78 is 6.27. The average molecular weight is 406 g/mol. The molecule has 0 radical (unpaired) electrons. The van der Waals surface area contributed by atoms with E-state index in [-0.39, 0.29) is 18.1 Å². The third kappa shape index (κ3) is 8.04. The number of hydrogen-bond donors (Lipinski definition) is 2. The molecule has 130 valence electrons. The molecule has 1 rings (SSSR count). The van der Waals surface area contributed by atoms with Crippen molar-refractivity contribution in [2.75, 3.05) is 6.54 Å². The molecule has 0 spiro atoms. The number of halogens is 2. The van der Waals surface area contributed by atoms with Gasteiger partial charge in [-0.3, -0.25) is 0 Å². The lowest BCUT2D eigenvalue weighted by molar-refractivity contribution is 0.0490. The fourth-order valence-corrected chi connectivity index (χ4v) is 2.68. The standard InChI is InChI=1S/C17H26BrClN2O2/c1-11(2)15(21-16(22)23-17(3,4)5)10-20-9-12-6-7-13(18)8-14(12)19/h6-8,11,15,20H,9-10H2,1-5H3,(H,21,22). The van der Waals surface area contributed by atoms with Crippen LogP contribution < -0.4 is 10.6 Å². The molecule has 0 heterocycles. The number of carbonyl (C=O) groups excluding carboxylic acids is 1. The van der Waals surface area contributed by atoms with Crippen molar-refractivity contribution in [1.82, 2.24) is 10.6 Å². The molecular formula is C17H26BrClN2O2. The molecule has 1 amide bonds. The van der Waals surface area contributed by atoms with E-state index in [0.29, 0.717) is 18.1 Å². The first-order chi connectivity index (χ1) is 10.6. The number of ether oxygens (including phenoxy) is 1. The topological polar surface area (TPSA) is 50.4 Å². The summed E-state index contributed by atoms with van der Waals surface area (Å²) in [5, 5.41) is 6.98. The van der Waals surface area contributed by atoms with Crippen LogP contribution in [0.3, 0.4) is 0 Å². The second kappa shape index (κ2) is 8.90. The second-order valence-electron chi connectivity index (χ2n) is 6.86. The highest BCUT2D eigenvalue weighted by atomic mass is 79.9. The van der Waals surface area contributed by atoms with Crippen LogP contribution in [0.1, 0.15) is 40.2 Å². The van der Waals surface area contributed by atoms with Crippen molar-refractivity contribution < 1.29 is 9.53 Å². The highest BCUT2D eigenvalue weighted by Crippen LogP contribution is 2.21. The highest BCUT2D eigenvalue weighted by molar-refractivity contribution is 9.10. The van der Waals surface area contributed by atoms with E-state index in [2.05, 4.69) is 40.4 Å². The monoisotopic (exact) mass is 404 g/mol. The lowest BCUT2D eigenvalue weighted by Crippen LogP contribution is -2.46. The van der Waals surface area contributed by atoms with Crippen LogP contribution in [0.4, 0.5) is 4.79 Å². The van der Waals surface area contributed by atoms with Crippen LogP contribution >= 0.6 is 27.5 Å². The molecule has 1 atom stereocenters. The lowest BCUT2D eigenvalue weighted by atomic mass is 10.0. The van der Waals surface area contributed by atoms with Crippen molar-refractivity contribution in [1.29, 1.82) is 0 Å². The van der Waals surface area contributed by atoms with Crippen LogP contribution in [-0.4, -0.2) is 24.3 Å². The van der Waals surface area contributed by atoms with Crippen LogP contribution in [0.2, 0.25) is 5.02 Å². The van der Waals surface area contributed by atoms with E-state index < -0.39 is 5.60 Å². The van der Waals surface area contributed by atoms with E-state index >= 15 is 0 Å². The van der Waals surface area contributed by atoms with Crippen molar-refractivity contribution in [3.63, 3.8) is 0 Å². The fourth-order valence-electron chi connectivity index (χ4n) is 1.94. The third-order valence-corrected chi connectivity index (χ3v) is 4.05. The number of rotatable bonds is 6. The van der Waals surface area contributed by atoms with Crippen molar-refractivity contribution >= 4 is 33.6 Å². The predicted octanol–water partition coefficient (Wildman–Crippen LogP) is 4.74. The molecule has 0 saturated heterocycles. The van der Waals surface area contributed by atoms with Crippen molar-refractivity contribution in [2.24, 2.45) is 5.92 Å². The maximum atomic E-state index is 11.9. The molecule has 1 unspecified atom stereocenters. The molecule has 1 aromatic rings. The SMILES string of the molecule is CC(C)C(CNCc1ccc(Br)cc1Cl)NC(=O)OC(C)(C)C. The summed E-state index contributed by atoms with van der Waals surface area (Å²) in [6.45, 7) is 11.0. The molecule has 2 N–H and O–H groups in total. The first kappa shape index (κ1) is 20.3. The van der Waals surface area contributed by atoms with E-state index in [1.165, 1.54) is 0 Å². The van der Waals surface area contributed by atoms with Gasteiger partial charge in [0.25, 0.3) is 0 Å². The third-order valence-electron chi connectivity index (χ3n) is 3.20. The molecule has 0 fully saturated rings. The summed E-state index contributed by atoms with van der Waals surface area (Å²) in [6, 6.07) is 5.80. The Labute approximate surface area is 152 Å². The number of alkyl carbamates (subject to hydrolysis) is 1. The van der Waals surface area contributed by atoms with Gasteiger partial charge in [0.05, 0.1) is 0 Å². The van der Waals surface area contributed by atoms with E-state index in [4.69, 9.17) is 16.3 Å². The van der Waals surface area contributed by atoms with Gasteiger partial charge in [-0.15, -0.1) is 0 Å². The van der Waals surface area contributed by atoms with E-state index in [1.54, 1.807) is 0 Å². The Morgan fingerprint density at radius 1 is 1.35 bits per heavy atom. The van der Waals surface area contributed by atoms with E-state index in [1.807, 2.05) is 39.0 Å². The largest absolute Gasteiger partial charge is 0.444 e. The smallest absolute Gasteiger partial charge is 0.407 e. The Hall–Kier alpha value is -0.780. The van der Waals surface area contributed by atoms with Gasteiger partial charge in [-0.1, -0.05) is 47.4 Å². The fraction of sp³-hybridized carbons (Fsp3) is 0.588. The van der Waals surface area contributed by atoms with Crippen molar-refractivity contribution in [3.05, 3.63) is 33.3 Å². The highest BCUT2D eigenvalue weighted by Gasteiger charge is 2.21. The molecule has 0 saturated carbocycles. The second-order valence-corrected chi connectivity index (χ2v) is 8.19. The Bertz CT molecular complexity index is 530. The van der Waals surface area contributed by atoms with Crippen LogP contribution in [0.5, 0.6) is 0 Å². The minimum atomic E-state index is -0.496. The Morgan fingerprint density at radius 3 is 2.52 bits per heavy atom. The summed E-state index contributed by atoms with van der Waals surface area (Å²) in [6.07, 6.45) is -0.389. The Morgan fingerprint density at radius 2 is 2.00 bits per heavy atom. The normalized spacial score (nSPS) is 13.0. The minimum absolute atomic E-state index is 0.0147. The molecule has 0 aromatic heterocycles. The van der Waals surface area contributed by atoms with Gasteiger partial charge >= 0.3 is 6.09 Å². The minimum Gasteiger partial charge on any atom is -0.444 e. The van der Waals surface area contributed by atoms with Crippen LogP contribution in [0, 0.1) is 5.92 Å². The van der Waals surface area contributed by atoms with Gasteiger partial charge in [-0.2, -0.15) is 0 Å². The van der Waals surface area contributed by atoms with Crippen molar-refractivity contribution in [2.45, 2.75) is 52.8 Å². The molecule has 0 bridgehead atoms. The van der Waals surface area contributed by atoms with Crippen LogP contribution in [0.15, 0.2) is 22.7 Å². The van der Waals surface area contributed by atoms with Crippen molar-refractivity contribution in [3.8, 4) is 0 Å². The first-order valence-electron chi connectivity index (χ1n) is 7.72. The van der Waals surface area contributed by atoms with E-state index in [0.717, 1.165) is 10.0 Å². The zero-order valence-corrected chi connectivity index (χ0v) is 16.7. The quantitative estimate of drug-likeness (QED) is 0.718. The van der Waals surface area contributed by atoms with Crippen LogP contribution in [-0.2, 0) is 11.3 Å². The zero-order chi connectivity index (χ0) is 17.6. The van der Waals surface area contributed by atoms with Crippen LogP contribution in [0.25, 0.3) is 0 Å². The zero-order valence-electron chi connectivity index (χ0n) is 14.4. The number of benzene rings is 1. The Kier molecular flexibility index (Phi) is 7.84. The molecule has 0 aliphatic heterocycles. The molecule has 6 heteroatoms. The molecule has 4 nitrogen and oxygen atoms in total. The summed E-state index contributed by atoms with van der Waals surface area (Å²) in [7, 11) is 0. The summed E-state index contributed by atoms with van der Waals surface area (Å²) >= 11 is 9.60. The maximum absolute atomic E-state index is 11.9. The lowest BCUT2D eigenvalue weighted by Gasteiger charge is -2.26. The first-order valence-corrected chi connectivity index (χ1v) is 8.89. The molecular weight excluding hydrogens is 380 g/mol. The number of nitrogens with one attached hydrogen (secondary N) is 2. The van der Waals surface area contributed by atoms with Gasteiger partial charge < -0.3 is 15.4 Å². The summed E-state index contributed by atoms with van der Waals surface area (Å²) in [5.41, 5.74) is 0.527. The molecule has 0 aliphatic carbocycles. The molecule has 0 aliphatic rings. The van der Waals surface area contributed by atoms with Gasteiger partial charge in [0.2, 0.25) is 0 Å². The van der Waals surface area contributed by atoms with Gasteiger partial charge in [0.1, 0.15) is 5.60 Å². The summed E-state index contributed by atoms with van der Waals surface area (Å²) in [4.78, 5) is 11.9. The average Bonchev–Trinajstić information content (AvgIpc) is 2.37. The van der Waals surface area contributed by atoms with Gasteiger partial charge in [0, 0.05) is 28.6 Å². The summed E-state index contributed by atoms with van der Waals surface area (Å²) in [5.74, 6) is 0.287. The number of hydrogen-bond acceptors (Lipinski definition) is 3. The Balaban J connectivity index is 2.52. The predicted molar refractivity (Wildman–Crippen MR) is 98.9 cm³/mol. The number of carbonyl (C=O) groups is 1. The maximum Gasteiger partial charge on any atom is 0.407 e. The molecule has 23 heavy (non-hydrogen) atoms. The van der Waals surface area contributed by atoms with Gasteiger partial charge in [-0.25, -0.2) is 4.79 Å². The molecule has 1 aromatic carbocycles. The van der Waals surface area contributed by atoms with E-state index in [9.17, 15) is 4.79 Å². The number of amides is 1.